The molecule has 1 aliphatic rings. The van der Waals surface area contributed by atoms with E-state index in [-0.39, 0.29) is 29.9 Å². The molecule has 2 amide bonds. The molecule has 3 aromatic rings. The van der Waals surface area contributed by atoms with E-state index in [1.54, 1.807) is 9.47 Å². The maximum atomic E-state index is 12.6. The highest BCUT2D eigenvalue weighted by Crippen LogP contribution is 2.28. The summed E-state index contributed by atoms with van der Waals surface area (Å²) in [5.74, 6) is -0.460. The molecule has 0 atom stereocenters. The molecule has 0 N–H and O–H groups in total. The first kappa shape index (κ1) is 22.3. The Hall–Kier alpha value is -2.91. The van der Waals surface area contributed by atoms with Gasteiger partial charge < -0.3 is 14.2 Å². The second-order valence-corrected chi connectivity index (χ2v) is 9.44. The fourth-order valence-electron chi connectivity index (χ4n) is 3.65. The van der Waals surface area contributed by atoms with Crippen LogP contribution in [0, 0.1) is 6.92 Å². The molecule has 2 heterocycles. The molecular weight excluding hydrogens is 446 g/mol. The Labute approximate surface area is 193 Å². The maximum absolute atomic E-state index is 12.6. The van der Waals surface area contributed by atoms with Gasteiger partial charge in [0, 0.05) is 12.2 Å². The molecule has 2 aromatic carbocycles. The number of fused-ring (bicyclic) bond motifs is 2. The Morgan fingerprint density at radius 2 is 1.97 bits per heavy atom. The van der Waals surface area contributed by atoms with Crippen LogP contribution >= 0.6 is 23.1 Å². The molecular formula is C23H23N3O4S2. The lowest BCUT2D eigenvalue weighted by atomic mass is 10.2. The average Bonchev–Trinajstić information content (AvgIpc) is 3.35. The highest BCUT2D eigenvalue weighted by atomic mass is 32.2. The van der Waals surface area contributed by atoms with Crippen LogP contribution < -0.4 is 9.70 Å². The number of methoxy groups -OCH3 is 1. The van der Waals surface area contributed by atoms with Gasteiger partial charge >= 0.3 is 5.97 Å². The Kier molecular flexibility index (Phi) is 6.76. The van der Waals surface area contributed by atoms with Crippen molar-refractivity contribution < 1.29 is 19.1 Å². The fourth-order valence-corrected chi connectivity index (χ4v) is 5.47. The number of para-hydroxylation sites is 1. The topological polar surface area (TPSA) is 81.0 Å². The predicted octanol–water partition coefficient (Wildman–Crippen LogP) is 2.93. The van der Waals surface area contributed by atoms with Crippen LogP contribution in [-0.4, -0.2) is 47.5 Å². The summed E-state index contributed by atoms with van der Waals surface area (Å²) >= 11 is 2.61. The van der Waals surface area contributed by atoms with Crippen molar-refractivity contribution in [1.29, 1.82) is 0 Å². The molecule has 4 rings (SSSR count). The molecule has 0 saturated carbocycles. The van der Waals surface area contributed by atoms with E-state index >= 15 is 0 Å². The van der Waals surface area contributed by atoms with E-state index in [0.29, 0.717) is 11.3 Å². The number of hydrogen-bond acceptors (Lipinski definition) is 6. The minimum Gasteiger partial charge on any atom is -0.468 e. The normalized spacial score (nSPS) is 13.4. The van der Waals surface area contributed by atoms with Gasteiger partial charge in [-0.2, -0.15) is 4.99 Å². The van der Waals surface area contributed by atoms with Gasteiger partial charge in [-0.15, -0.1) is 11.8 Å². The Morgan fingerprint density at radius 1 is 1.16 bits per heavy atom. The van der Waals surface area contributed by atoms with Gasteiger partial charge in [-0.1, -0.05) is 35.6 Å². The largest absolute Gasteiger partial charge is 0.468 e. The zero-order valence-corrected chi connectivity index (χ0v) is 19.5. The van der Waals surface area contributed by atoms with Crippen LogP contribution in [0.1, 0.15) is 11.1 Å². The molecule has 1 aromatic heterocycles. The van der Waals surface area contributed by atoms with Crippen LogP contribution in [-0.2, 0) is 32.1 Å². The number of aromatic nitrogens is 1. The van der Waals surface area contributed by atoms with E-state index in [9.17, 15) is 14.4 Å². The molecule has 1 aliphatic heterocycles. The van der Waals surface area contributed by atoms with Crippen LogP contribution in [0.2, 0.25) is 0 Å². The first-order valence-electron chi connectivity index (χ1n) is 10.2. The molecule has 0 unspecified atom stereocenters. The zero-order chi connectivity index (χ0) is 22.7. The summed E-state index contributed by atoms with van der Waals surface area (Å²) in [6, 6.07) is 13.8. The molecule has 0 saturated heterocycles. The van der Waals surface area contributed by atoms with Gasteiger partial charge in [0.25, 0.3) is 5.91 Å². The first-order chi connectivity index (χ1) is 15.5. The number of thioether (sulfide) groups is 1. The highest BCUT2D eigenvalue weighted by molar-refractivity contribution is 8.00. The van der Waals surface area contributed by atoms with Gasteiger partial charge in [-0.25, -0.2) is 0 Å². The third kappa shape index (κ3) is 4.78. The number of thiazole rings is 1. The summed E-state index contributed by atoms with van der Waals surface area (Å²) in [6.45, 7) is 2.63. The number of amides is 2. The lowest BCUT2D eigenvalue weighted by Gasteiger charge is -2.16. The summed E-state index contributed by atoms with van der Waals surface area (Å²) in [5, 5.41) is 0. The molecule has 0 bridgehead atoms. The summed E-state index contributed by atoms with van der Waals surface area (Å²) in [5.41, 5.74) is 4.04. The van der Waals surface area contributed by atoms with E-state index in [1.807, 2.05) is 49.4 Å². The molecule has 9 heteroatoms. The molecule has 0 radical (unpaired) electrons. The van der Waals surface area contributed by atoms with E-state index in [4.69, 9.17) is 4.74 Å². The number of ether oxygens (including phenoxy) is 1. The van der Waals surface area contributed by atoms with E-state index in [0.717, 1.165) is 27.9 Å². The van der Waals surface area contributed by atoms with Crippen LogP contribution in [0.5, 0.6) is 0 Å². The number of carbonyl (C=O) groups excluding carboxylic acids is 3. The Bertz CT molecular complexity index is 1260. The van der Waals surface area contributed by atoms with Crippen molar-refractivity contribution in [3.8, 4) is 0 Å². The lowest BCUT2D eigenvalue weighted by Crippen LogP contribution is -2.30. The van der Waals surface area contributed by atoms with Crippen molar-refractivity contribution in [3.05, 3.63) is 58.4 Å². The summed E-state index contributed by atoms with van der Waals surface area (Å²) in [7, 11) is 1.33. The van der Waals surface area contributed by atoms with Crippen molar-refractivity contribution >= 4 is 56.8 Å². The van der Waals surface area contributed by atoms with Crippen LogP contribution in [0.4, 0.5) is 5.69 Å². The molecule has 7 nitrogen and oxygen atoms in total. The second-order valence-electron chi connectivity index (χ2n) is 7.44. The number of benzene rings is 2. The zero-order valence-electron chi connectivity index (χ0n) is 17.9. The third-order valence-electron chi connectivity index (χ3n) is 5.21. The highest BCUT2D eigenvalue weighted by Gasteiger charge is 2.24. The van der Waals surface area contributed by atoms with Gasteiger partial charge in [0.05, 0.1) is 28.8 Å². The number of rotatable bonds is 6. The molecule has 0 aliphatic carbocycles. The van der Waals surface area contributed by atoms with Crippen molar-refractivity contribution in [1.82, 2.24) is 4.57 Å². The maximum Gasteiger partial charge on any atom is 0.325 e. The molecule has 0 fully saturated rings. The van der Waals surface area contributed by atoms with E-state index in [2.05, 4.69) is 4.99 Å². The number of anilines is 1. The van der Waals surface area contributed by atoms with Crippen molar-refractivity contribution in [3.63, 3.8) is 0 Å². The van der Waals surface area contributed by atoms with Gasteiger partial charge in [-0.3, -0.25) is 14.4 Å². The number of aryl methyl sites for hydroxylation is 1. The summed E-state index contributed by atoms with van der Waals surface area (Å²) in [6.07, 6.45) is 0.854. The van der Waals surface area contributed by atoms with Crippen LogP contribution in [0.15, 0.2) is 47.5 Å². The second kappa shape index (κ2) is 9.70. The lowest BCUT2D eigenvalue weighted by molar-refractivity contribution is -0.141. The van der Waals surface area contributed by atoms with Crippen molar-refractivity contribution in [2.24, 2.45) is 4.99 Å². The third-order valence-corrected chi connectivity index (χ3v) is 7.16. The predicted molar refractivity (Wildman–Crippen MR) is 127 cm³/mol. The standard InChI is InChI=1S/C23H23N3O4S2/c1-15-7-8-18-19(11-15)32-23(26(18)12-22(29)30-2)24-20(27)13-31-14-21(28)25-10-9-16-5-3-4-6-17(16)25/h3-8,11H,9-10,12-14H2,1-2H3. The van der Waals surface area contributed by atoms with Crippen molar-refractivity contribution in [2.45, 2.75) is 19.9 Å². The Morgan fingerprint density at radius 3 is 2.78 bits per heavy atom. The molecule has 0 spiro atoms. The quantitative estimate of drug-likeness (QED) is 0.519. The van der Waals surface area contributed by atoms with E-state index in [1.165, 1.54) is 35.8 Å². The monoisotopic (exact) mass is 469 g/mol. The summed E-state index contributed by atoms with van der Waals surface area (Å²) in [4.78, 5) is 43.5. The fraction of sp³-hybridized carbons (Fsp3) is 0.304. The number of carbonyl (C=O) groups is 3. The van der Waals surface area contributed by atoms with Gasteiger partial charge in [0.1, 0.15) is 6.54 Å². The number of hydrogen-bond donors (Lipinski definition) is 0. The average molecular weight is 470 g/mol. The number of esters is 1. The molecule has 32 heavy (non-hydrogen) atoms. The first-order valence-corrected chi connectivity index (χ1v) is 12.1. The van der Waals surface area contributed by atoms with Gasteiger partial charge in [0.15, 0.2) is 4.80 Å². The minimum atomic E-state index is -0.412. The number of nitrogens with zero attached hydrogens (tertiary/aromatic N) is 3. The summed E-state index contributed by atoms with van der Waals surface area (Å²) < 4.78 is 7.43. The van der Waals surface area contributed by atoms with Crippen molar-refractivity contribution in [2.75, 3.05) is 30.1 Å². The minimum absolute atomic E-state index is 0.00848. The van der Waals surface area contributed by atoms with Crippen LogP contribution in [0.3, 0.4) is 0 Å². The van der Waals surface area contributed by atoms with Gasteiger partial charge in [-0.05, 0) is 42.7 Å². The Balaban J connectivity index is 1.45. The van der Waals surface area contributed by atoms with Gasteiger partial charge in [0.2, 0.25) is 5.91 Å². The SMILES string of the molecule is COC(=O)Cn1c(=NC(=O)CSCC(=O)N2CCc3ccccc32)sc2cc(C)ccc21. The molecule has 166 valence electrons. The smallest absolute Gasteiger partial charge is 0.325 e. The van der Waals surface area contributed by atoms with Crippen LogP contribution in [0.25, 0.3) is 10.2 Å². The van der Waals surface area contributed by atoms with E-state index < -0.39 is 5.97 Å².